The standard InChI is InChI=1S/C29H22ClN5O3/c30-22-16-32-23-14-18(8-11-20(22)23)29(38)34-27-21-4-3-12-31-24(21)15-25(27)33-28(37)17-6-9-19(10-7-17)35-13-2-1-5-26(35)36/h1-14,16,25,27,32H,15H2,(H,33,37)(H,34,38)/t25-,27+/m0/s1. The van der Waals surface area contributed by atoms with Gasteiger partial charge in [0.15, 0.2) is 0 Å². The van der Waals surface area contributed by atoms with Crippen LogP contribution < -0.4 is 16.2 Å². The molecule has 2 amide bonds. The van der Waals surface area contributed by atoms with E-state index in [0.717, 1.165) is 22.2 Å². The van der Waals surface area contributed by atoms with Crippen molar-refractivity contribution in [3.63, 3.8) is 0 Å². The Labute approximate surface area is 222 Å². The molecule has 3 N–H and O–H groups in total. The second-order valence-corrected chi connectivity index (χ2v) is 9.53. The number of halogens is 1. The molecule has 6 rings (SSSR count). The SMILES string of the molecule is O=C(N[C@H]1Cc2ncccc2[C@H]1NC(=O)c1ccc2c(Cl)c[nH]c2c1)c1ccc(-n2ccccc2=O)cc1. The molecular formula is C29H22ClN5O3. The maximum absolute atomic E-state index is 13.2. The van der Waals surface area contributed by atoms with Crippen LogP contribution >= 0.6 is 11.6 Å². The van der Waals surface area contributed by atoms with Crippen LogP contribution in [0.4, 0.5) is 0 Å². The molecule has 8 nitrogen and oxygen atoms in total. The highest BCUT2D eigenvalue weighted by molar-refractivity contribution is 6.35. The fourth-order valence-electron chi connectivity index (χ4n) is 4.88. The van der Waals surface area contributed by atoms with Crippen molar-refractivity contribution in [2.45, 2.75) is 18.5 Å². The Morgan fingerprint density at radius 2 is 1.74 bits per heavy atom. The second-order valence-electron chi connectivity index (χ2n) is 9.13. The molecule has 0 fully saturated rings. The Morgan fingerprint density at radius 3 is 2.55 bits per heavy atom. The molecule has 0 bridgehead atoms. The van der Waals surface area contributed by atoms with Crippen LogP contribution in [0.3, 0.4) is 0 Å². The zero-order valence-electron chi connectivity index (χ0n) is 20.0. The minimum absolute atomic E-state index is 0.155. The third-order valence-corrected chi connectivity index (χ3v) is 7.12. The number of hydrogen-bond acceptors (Lipinski definition) is 4. The van der Waals surface area contributed by atoms with E-state index in [0.29, 0.717) is 28.3 Å². The smallest absolute Gasteiger partial charge is 0.255 e. The molecule has 3 heterocycles. The summed E-state index contributed by atoms with van der Waals surface area (Å²) in [5.41, 5.74) is 3.89. The van der Waals surface area contributed by atoms with Crippen molar-refractivity contribution in [2.75, 3.05) is 0 Å². The first kappa shape index (κ1) is 23.7. The molecule has 38 heavy (non-hydrogen) atoms. The molecule has 0 radical (unpaired) electrons. The minimum Gasteiger partial charge on any atom is -0.360 e. The van der Waals surface area contributed by atoms with Gasteiger partial charge in [0.1, 0.15) is 0 Å². The number of aromatic amines is 1. The van der Waals surface area contributed by atoms with Gasteiger partial charge in [0, 0.05) is 64.5 Å². The van der Waals surface area contributed by atoms with Gasteiger partial charge < -0.3 is 15.6 Å². The molecular weight excluding hydrogens is 502 g/mol. The second kappa shape index (κ2) is 9.64. The quantitative estimate of drug-likeness (QED) is 0.321. The number of nitrogens with zero attached hydrogens (tertiary/aromatic N) is 2. The molecule has 2 atom stereocenters. The van der Waals surface area contributed by atoms with E-state index < -0.39 is 12.1 Å². The first-order chi connectivity index (χ1) is 18.5. The third kappa shape index (κ3) is 4.35. The molecule has 0 aliphatic heterocycles. The highest BCUT2D eigenvalue weighted by Crippen LogP contribution is 2.31. The van der Waals surface area contributed by atoms with Gasteiger partial charge in [-0.3, -0.25) is 23.9 Å². The summed E-state index contributed by atoms with van der Waals surface area (Å²) in [6.45, 7) is 0. The highest BCUT2D eigenvalue weighted by Gasteiger charge is 2.35. The molecule has 9 heteroatoms. The summed E-state index contributed by atoms with van der Waals surface area (Å²) in [5, 5.41) is 7.59. The fraction of sp³-hybridized carbons (Fsp3) is 0.103. The molecule has 2 aromatic carbocycles. The number of amides is 2. The van der Waals surface area contributed by atoms with Crippen LogP contribution in [0.15, 0.2) is 96.2 Å². The van der Waals surface area contributed by atoms with Gasteiger partial charge in [-0.25, -0.2) is 0 Å². The zero-order chi connectivity index (χ0) is 26.2. The summed E-state index contributed by atoms with van der Waals surface area (Å²) >= 11 is 6.17. The van der Waals surface area contributed by atoms with Crippen LogP contribution in [-0.2, 0) is 6.42 Å². The number of fused-ring (bicyclic) bond motifs is 2. The van der Waals surface area contributed by atoms with E-state index in [4.69, 9.17) is 11.6 Å². The lowest BCUT2D eigenvalue weighted by molar-refractivity contribution is 0.0888. The van der Waals surface area contributed by atoms with Crippen LogP contribution in [0.5, 0.6) is 0 Å². The van der Waals surface area contributed by atoms with Gasteiger partial charge in [-0.05, 0) is 54.1 Å². The Hall–Kier alpha value is -4.69. The van der Waals surface area contributed by atoms with Gasteiger partial charge in [-0.2, -0.15) is 0 Å². The first-order valence-electron chi connectivity index (χ1n) is 12.1. The average molecular weight is 524 g/mol. The molecule has 1 aliphatic carbocycles. The minimum atomic E-state index is -0.458. The number of carbonyl (C=O) groups excluding carboxylic acids is 2. The largest absolute Gasteiger partial charge is 0.360 e. The van der Waals surface area contributed by atoms with Crippen LogP contribution in [0, 0.1) is 0 Å². The van der Waals surface area contributed by atoms with Gasteiger partial charge in [-0.1, -0.05) is 29.8 Å². The number of hydrogen-bond donors (Lipinski definition) is 3. The zero-order valence-corrected chi connectivity index (χ0v) is 20.8. The summed E-state index contributed by atoms with van der Waals surface area (Å²) in [6, 6.07) is 19.9. The van der Waals surface area contributed by atoms with Gasteiger partial charge in [0.2, 0.25) is 0 Å². The van der Waals surface area contributed by atoms with Gasteiger partial charge in [0.05, 0.1) is 17.1 Å². The van der Waals surface area contributed by atoms with Crippen molar-refractivity contribution in [1.29, 1.82) is 0 Å². The Morgan fingerprint density at radius 1 is 0.947 bits per heavy atom. The summed E-state index contributed by atoms with van der Waals surface area (Å²) in [4.78, 5) is 46.1. The molecule has 0 saturated carbocycles. The maximum Gasteiger partial charge on any atom is 0.255 e. The summed E-state index contributed by atoms with van der Waals surface area (Å²) < 4.78 is 1.50. The predicted octanol–water partition coefficient (Wildman–Crippen LogP) is 4.19. The van der Waals surface area contributed by atoms with Gasteiger partial charge >= 0.3 is 0 Å². The Bertz CT molecular complexity index is 1740. The fourth-order valence-corrected chi connectivity index (χ4v) is 5.10. The van der Waals surface area contributed by atoms with Crippen molar-refractivity contribution < 1.29 is 9.59 Å². The Balaban J connectivity index is 1.22. The average Bonchev–Trinajstić information content (AvgIpc) is 3.48. The van der Waals surface area contributed by atoms with E-state index >= 15 is 0 Å². The van der Waals surface area contributed by atoms with Crippen molar-refractivity contribution in [2.24, 2.45) is 0 Å². The molecule has 188 valence electrons. The third-order valence-electron chi connectivity index (χ3n) is 6.80. The molecule has 1 aliphatic rings. The van der Waals surface area contributed by atoms with E-state index in [1.54, 1.807) is 73.2 Å². The molecule has 3 aromatic heterocycles. The number of pyridine rings is 2. The number of benzene rings is 2. The normalized spacial score (nSPS) is 16.2. The van der Waals surface area contributed by atoms with Crippen LogP contribution in [0.1, 0.15) is 38.0 Å². The van der Waals surface area contributed by atoms with Crippen LogP contribution in [0.25, 0.3) is 16.6 Å². The molecule has 0 unspecified atom stereocenters. The van der Waals surface area contributed by atoms with E-state index in [-0.39, 0.29) is 17.4 Å². The number of carbonyl (C=O) groups is 2. The Kier molecular flexibility index (Phi) is 6.01. The maximum atomic E-state index is 13.2. The van der Waals surface area contributed by atoms with E-state index in [1.165, 1.54) is 10.6 Å². The lowest BCUT2D eigenvalue weighted by Crippen LogP contribution is -2.44. The topological polar surface area (TPSA) is 109 Å². The molecule has 0 spiro atoms. The van der Waals surface area contributed by atoms with Crippen molar-refractivity contribution >= 4 is 34.3 Å². The number of rotatable bonds is 5. The monoisotopic (exact) mass is 523 g/mol. The molecule has 5 aromatic rings. The summed E-state index contributed by atoms with van der Waals surface area (Å²) in [7, 11) is 0. The van der Waals surface area contributed by atoms with Crippen LogP contribution in [0.2, 0.25) is 5.02 Å². The summed E-state index contributed by atoms with van der Waals surface area (Å²) in [6.07, 6.45) is 5.54. The number of nitrogens with one attached hydrogen (secondary N) is 3. The predicted molar refractivity (Wildman–Crippen MR) is 145 cm³/mol. The van der Waals surface area contributed by atoms with Crippen molar-refractivity contribution in [3.05, 3.63) is 129 Å². The first-order valence-corrected chi connectivity index (χ1v) is 12.5. The van der Waals surface area contributed by atoms with E-state index in [9.17, 15) is 14.4 Å². The van der Waals surface area contributed by atoms with E-state index in [1.807, 2.05) is 12.1 Å². The highest BCUT2D eigenvalue weighted by atomic mass is 35.5. The van der Waals surface area contributed by atoms with Gasteiger partial charge in [0.25, 0.3) is 17.4 Å². The number of aromatic nitrogens is 3. The van der Waals surface area contributed by atoms with Crippen molar-refractivity contribution in [1.82, 2.24) is 25.2 Å². The summed E-state index contributed by atoms with van der Waals surface area (Å²) in [5.74, 6) is -0.548. The lowest BCUT2D eigenvalue weighted by atomic mass is 10.1. The van der Waals surface area contributed by atoms with Crippen LogP contribution in [-0.4, -0.2) is 32.4 Å². The van der Waals surface area contributed by atoms with E-state index in [2.05, 4.69) is 20.6 Å². The van der Waals surface area contributed by atoms with Gasteiger partial charge in [-0.15, -0.1) is 0 Å². The lowest BCUT2D eigenvalue weighted by Gasteiger charge is -2.23. The number of H-pyrrole nitrogens is 1. The molecule has 0 saturated heterocycles. The van der Waals surface area contributed by atoms with Crippen molar-refractivity contribution in [3.8, 4) is 5.69 Å².